The van der Waals surface area contributed by atoms with Crippen molar-refractivity contribution in [2.24, 2.45) is 5.14 Å². The lowest BCUT2D eigenvalue weighted by molar-refractivity contribution is -0.138. The third-order valence-corrected chi connectivity index (χ3v) is 4.47. The molecule has 1 amide bonds. The van der Waals surface area contributed by atoms with Gasteiger partial charge in [-0.3, -0.25) is 4.79 Å². The molecule has 0 aliphatic heterocycles. The van der Waals surface area contributed by atoms with E-state index in [-0.39, 0.29) is 20.5 Å². The third-order valence-electron chi connectivity index (χ3n) is 2.61. The first-order valence-corrected chi connectivity index (χ1v) is 7.82. The Bertz CT molecular complexity index is 674. The molecule has 0 radical (unpaired) electrons. The van der Waals surface area contributed by atoms with Crippen LogP contribution in [0.4, 0.5) is 13.2 Å². The molecule has 0 aliphatic carbocycles. The van der Waals surface area contributed by atoms with Crippen molar-refractivity contribution < 1.29 is 26.4 Å². The van der Waals surface area contributed by atoms with Gasteiger partial charge < -0.3 is 4.90 Å². The molecule has 10 heteroatoms. The highest BCUT2D eigenvalue weighted by atomic mass is 79.9. The average Bonchev–Trinajstić information content (AvgIpc) is 2.27. The Morgan fingerprint density at radius 3 is 2.33 bits per heavy atom. The van der Waals surface area contributed by atoms with Crippen molar-refractivity contribution in [1.29, 1.82) is 0 Å². The van der Waals surface area contributed by atoms with Gasteiger partial charge in [0.15, 0.2) is 0 Å². The molecule has 118 valence electrons. The topological polar surface area (TPSA) is 80.5 Å². The minimum Gasteiger partial charge on any atom is -0.333 e. The fourth-order valence-corrected chi connectivity index (χ4v) is 3.05. The SMILES string of the molecule is Cc1c(Br)cc(C(=O)N(C)CC(F)(F)F)cc1S(N)(=O)=O. The number of primary sulfonamides is 1. The Labute approximate surface area is 128 Å². The molecule has 1 rings (SSSR count). The smallest absolute Gasteiger partial charge is 0.333 e. The van der Waals surface area contributed by atoms with Gasteiger partial charge in [0.05, 0.1) is 4.90 Å². The molecule has 2 N–H and O–H groups in total. The first-order chi connectivity index (χ1) is 9.33. The monoisotopic (exact) mass is 388 g/mol. The highest BCUT2D eigenvalue weighted by molar-refractivity contribution is 9.10. The van der Waals surface area contributed by atoms with Crippen LogP contribution in [-0.2, 0) is 10.0 Å². The molecule has 0 saturated heterocycles. The van der Waals surface area contributed by atoms with E-state index in [1.807, 2.05) is 0 Å². The van der Waals surface area contributed by atoms with E-state index in [0.29, 0.717) is 4.90 Å². The van der Waals surface area contributed by atoms with E-state index in [1.165, 1.54) is 13.0 Å². The van der Waals surface area contributed by atoms with Gasteiger partial charge >= 0.3 is 6.18 Å². The van der Waals surface area contributed by atoms with Gasteiger partial charge in [-0.2, -0.15) is 13.2 Å². The van der Waals surface area contributed by atoms with Crippen LogP contribution in [0, 0.1) is 6.92 Å². The number of carbonyl (C=O) groups is 1. The molecule has 0 saturated carbocycles. The first kappa shape index (κ1) is 17.9. The Balaban J connectivity index is 3.27. The summed E-state index contributed by atoms with van der Waals surface area (Å²) in [6.07, 6.45) is -4.55. The zero-order valence-electron chi connectivity index (χ0n) is 11.0. The number of halogens is 4. The maximum absolute atomic E-state index is 12.3. The molecule has 0 atom stereocenters. The van der Waals surface area contributed by atoms with E-state index in [2.05, 4.69) is 15.9 Å². The van der Waals surface area contributed by atoms with Crippen molar-refractivity contribution >= 4 is 31.9 Å². The maximum Gasteiger partial charge on any atom is 0.406 e. The minimum atomic E-state index is -4.55. The average molecular weight is 389 g/mol. The fourth-order valence-electron chi connectivity index (χ4n) is 1.63. The molecule has 0 aliphatic rings. The van der Waals surface area contributed by atoms with Gasteiger partial charge in [0.25, 0.3) is 5.91 Å². The summed E-state index contributed by atoms with van der Waals surface area (Å²) in [7, 11) is -3.12. The van der Waals surface area contributed by atoms with Crippen LogP contribution in [0.2, 0.25) is 0 Å². The van der Waals surface area contributed by atoms with Crippen LogP contribution in [0.3, 0.4) is 0 Å². The van der Waals surface area contributed by atoms with Crippen LogP contribution < -0.4 is 5.14 Å². The van der Waals surface area contributed by atoms with Gasteiger partial charge in [-0.1, -0.05) is 15.9 Å². The van der Waals surface area contributed by atoms with Crippen molar-refractivity contribution in [2.45, 2.75) is 18.0 Å². The van der Waals surface area contributed by atoms with Crippen molar-refractivity contribution in [3.8, 4) is 0 Å². The summed E-state index contributed by atoms with van der Waals surface area (Å²) in [5.74, 6) is -0.960. The maximum atomic E-state index is 12.3. The quantitative estimate of drug-likeness (QED) is 0.859. The van der Waals surface area contributed by atoms with Crippen LogP contribution in [0.15, 0.2) is 21.5 Å². The number of nitrogens with two attached hydrogens (primary N) is 1. The van der Waals surface area contributed by atoms with Crippen LogP contribution >= 0.6 is 15.9 Å². The predicted molar refractivity (Wildman–Crippen MR) is 73.3 cm³/mol. The summed E-state index contributed by atoms with van der Waals surface area (Å²) in [5.41, 5.74) is 0.0655. The van der Waals surface area contributed by atoms with Crippen LogP contribution in [0.1, 0.15) is 15.9 Å². The normalized spacial score (nSPS) is 12.3. The van der Waals surface area contributed by atoms with Gasteiger partial charge in [0, 0.05) is 17.1 Å². The second-order valence-corrected chi connectivity index (χ2v) is 6.79. The molecule has 0 spiro atoms. The van der Waals surface area contributed by atoms with E-state index in [1.54, 1.807) is 0 Å². The second-order valence-electron chi connectivity index (χ2n) is 4.40. The number of rotatable bonds is 3. The number of hydrogen-bond donors (Lipinski definition) is 1. The van der Waals surface area contributed by atoms with Gasteiger partial charge in [0.2, 0.25) is 10.0 Å². The molecule has 0 heterocycles. The van der Waals surface area contributed by atoms with E-state index in [4.69, 9.17) is 5.14 Å². The van der Waals surface area contributed by atoms with Gasteiger partial charge in [-0.25, -0.2) is 13.6 Å². The van der Waals surface area contributed by atoms with Crippen molar-refractivity contribution in [3.63, 3.8) is 0 Å². The van der Waals surface area contributed by atoms with Crippen molar-refractivity contribution in [1.82, 2.24) is 4.90 Å². The van der Waals surface area contributed by atoms with E-state index < -0.39 is 28.7 Å². The van der Waals surface area contributed by atoms with Crippen molar-refractivity contribution in [3.05, 3.63) is 27.7 Å². The number of carbonyl (C=O) groups excluding carboxylic acids is 1. The third kappa shape index (κ3) is 4.68. The molecular formula is C11H12BrF3N2O3S. The van der Waals surface area contributed by atoms with Gasteiger partial charge in [-0.15, -0.1) is 0 Å². The summed E-state index contributed by atoms with van der Waals surface area (Å²) in [5, 5.41) is 5.02. The summed E-state index contributed by atoms with van der Waals surface area (Å²) in [6, 6.07) is 2.21. The van der Waals surface area contributed by atoms with Crippen LogP contribution in [-0.4, -0.2) is 39.0 Å². The highest BCUT2D eigenvalue weighted by Crippen LogP contribution is 2.26. The number of sulfonamides is 1. The standard InChI is InChI=1S/C11H12BrF3N2O3S/c1-6-8(12)3-7(4-9(6)21(16,19)20)10(18)17(2)5-11(13,14)15/h3-4H,5H2,1-2H3,(H2,16,19,20). The first-order valence-electron chi connectivity index (χ1n) is 5.48. The summed E-state index contributed by atoms with van der Waals surface area (Å²) >= 11 is 3.06. The fraction of sp³-hybridized carbons (Fsp3) is 0.364. The Kier molecular flexibility index (Phi) is 5.06. The van der Waals surface area contributed by atoms with E-state index in [0.717, 1.165) is 13.1 Å². The highest BCUT2D eigenvalue weighted by Gasteiger charge is 2.32. The minimum absolute atomic E-state index is 0.205. The number of nitrogens with zero attached hydrogens (tertiary/aromatic N) is 1. The van der Waals surface area contributed by atoms with Gasteiger partial charge in [-0.05, 0) is 24.6 Å². The predicted octanol–water partition coefficient (Wildman–Crippen LogP) is 2.04. The van der Waals surface area contributed by atoms with Crippen LogP contribution in [0.25, 0.3) is 0 Å². The molecule has 1 aromatic carbocycles. The lowest BCUT2D eigenvalue weighted by Crippen LogP contribution is -2.36. The van der Waals surface area contributed by atoms with Crippen LogP contribution in [0.5, 0.6) is 0 Å². The Morgan fingerprint density at radius 1 is 1.38 bits per heavy atom. The molecule has 1 aromatic rings. The molecule has 0 aromatic heterocycles. The lowest BCUT2D eigenvalue weighted by atomic mass is 10.1. The van der Waals surface area contributed by atoms with Crippen molar-refractivity contribution in [2.75, 3.05) is 13.6 Å². The number of hydrogen-bond acceptors (Lipinski definition) is 3. The number of benzene rings is 1. The largest absolute Gasteiger partial charge is 0.406 e. The second kappa shape index (κ2) is 5.93. The zero-order chi connectivity index (χ0) is 16.6. The summed E-state index contributed by atoms with van der Waals surface area (Å²) in [6.45, 7) is 0.0134. The molecular weight excluding hydrogens is 377 g/mol. The van der Waals surface area contributed by atoms with E-state index in [9.17, 15) is 26.4 Å². The lowest BCUT2D eigenvalue weighted by Gasteiger charge is -2.19. The molecule has 21 heavy (non-hydrogen) atoms. The molecule has 0 fully saturated rings. The molecule has 0 unspecified atom stereocenters. The zero-order valence-corrected chi connectivity index (χ0v) is 13.4. The Morgan fingerprint density at radius 2 is 1.90 bits per heavy atom. The molecule has 0 bridgehead atoms. The number of amides is 1. The molecule has 5 nitrogen and oxygen atoms in total. The van der Waals surface area contributed by atoms with Gasteiger partial charge in [0.1, 0.15) is 6.54 Å². The summed E-state index contributed by atoms with van der Waals surface area (Å²) < 4.78 is 59.9. The Hall–Kier alpha value is -1.13. The van der Waals surface area contributed by atoms with E-state index >= 15 is 0 Å². The summed E-state index contributed by atoms with van der Waals surface area (Å²) in [4.78, 5) is 12.1. The number of alkyl halides is 3.